The summed E-state index contributed by atoms with van der Waals surface area (Å²) in [6.45, 7) is 3.49. The van der Waals surface area contributed by atoms with Crippen LogP contribution in [0.2, 0.25) is 0 Å². The lowest BCUT2D eigenvalue weighted by atomic mass is 10.1. The van der Waals surface area contributed by atoms with Crippen LogP contribution in [0, 0.1) is 18.8 Å². The van der Waals surface area contributed by atoms with Gasteiger partial charge in [-0.3, -0.25) is 4.79 Å². The molecule has 1 fully saturated rings. The number of aryl methyl sites for hydroxylation is 1. The predicted octanol–water partition coefficient (Wildman–Crippen LogP) is 0.659. The van der Waals surface area contributed by atoms with Crippen LogP contribution in [0.3, 0.4) is 0 Å². The van der Waals surface area contributed by atoms with Gasteiger partial charge in [0.2, 0.25) is 0 Å². The van der Waals surface area contributed by atoms with Crippen LogP contribution < -0.4 is 11.1 Å². The fourth-order valence-electron chi connectivity index (χ4n) is 1.87. The minimum atomic E-state index is -0.569. The Hall–Kier alpha value is -1.87. The molecular formula is C15H18N2O3. The second kappa shape index (κ2) is 7.06. The zero-order chi connectivity index (χ0) is 14.4. The minimum Gasteiger partial charge on any atom is -0.376 e. The molecule has 5 heteroatoms. The van der Waals surface area contributed by atoms with Crippen molar-refractivity contribution in [2.45, 2.75) is 13.0 Å². The molecule has 0 spiro atoms. The number of rotatable bonds is 2. The maximum atomic E-state index is 12.1. The first-order valence-electron chi connectivity index (χ1n) is 6.50. The van der Waals surface area contributed by atoms with Gasteiger partial charge in [0.05, 0.1) is 32.1 Å². The molecular weight excluding hydrogens is 256 g/mol. The third kappa shape index (κ3) is 3.81. The average molecular weight is 274 g/mol. The summed E-state index contributed by atoms with van der Waals surface area (Å²) < 4.78 is 10.6. The van der Waals surface area contributed by atoms with Crippen LogP contribution in [0.5, 0.6) is 0 Å². The molecule has 0 saturated carbocycles. The molecule has 1 aromatic rings. The monoisotopic (exact) mass is 274 g/mol. The Balaban J connectivity index is 2.13. The summed E-state index contributed by atoms with van der Waals surface area (Å²) in [4.78, 5) is 12.1. The number of carbonyl (C=O) groups excluding carboxylic acids is 1. The SMILES string of the molecule is Cc1ccc(NC(=O)C2COCCO2)c(C#CCN)c1. The van der Waals surface area contributed by atoms with Gasteiger partial charge in [-0.05, 0) is 24.6 Å². The van der Waals surface area contributed by atoms with Crippen LogP contribution >= 0.6 is 0 Å². The first-order valence-corrected chi connectivity index (χ1v) is 6.50. The van der Waals surface area contributed by atoms with Crippen molar-refractivity contribution >= 4 is 11.6 Å². The minimum absolute atomic E-state index is 0.218. The smallest absolute Gasteiger partial charge is 0.255 e. The van der Waals surface area contributed by atoms with Gasteiger partial charge in [-0.15, -0.1) is 0 Å². The third-order valence-electron chi connectivity index (χ3n) is 2.87. The lowest BCUT2D eigenvalue weighted by Gasteiger charge is -2.22. The normalized spacial score (nSPS) is 18.0. The largest absolute Gasteiger partial charge is 0.376 e. The second-order valence-corrected chi connectivity index (χ2v) is 4.48. The molecule has 1 unspecified atom stereocenters. The summed E-state index contributed by atoms with van der Waals surface area (Å²) in [5.41, 5.74) is 7.87. The topological polar surface area (TPSA) is 73.6 Å². The Labute approximate surface area is 118 Å². The molecule has 1 aromatic carbocycles. The van der Waals surface area contributed by atoms with Crippen molar-refractivity contribution < 1.29 is 14.3 Å². The van der Waals surface area contributed by atoms with E-state index in [4.69, 9.17) is 15.2 Å². The molecule has 5 nitrogen and oxygen atoms in total. The Morgan fingerprint density at radius 3 is 3.05 bits per heavy atom. The highest BCUT2D eigenvalue weighted by atomic mass is 16.6. The van der Waals surface area contributed by atoms with E-state index < -0.39 is 6.10 Å². The molecule has 0 radical (unpaired) electrons. The lowest BCUT2D eigenvalue weighted by Crippen LogP contribution is -2.39. The first-order chi connectivity index (χ1) is 9.70. The molecule has 1 amide bonds. The maximum Gasteiger partial charge on any atom is 0.255 e. The molecule has 2 rings (SSSR count). The van der Waals surface area contributed by atoms with Crippen molar-refractivity contribution in [3.8, 4) is 11.8 Å². The van der Waals surface area contributed by atoms with Crippen LogP contribution in [0.4, 0.5) is 5.69 Å². The van der Waals surface area contributed by atoms with Crippen molar-refractivity contribution in [1.29, 1.82) is 0 Å². The zero-order valence-corrected chi connectivity index (χ0v) is 11.4. The summed E-state index contributed by atoms with van der Waals surface area (Å²) >= 11 is 0. The molecule has 1 heterocycles. The highest BCUT2D eigenvalue weighted by Gasteiger charge is 2.23. The van der Waals surface area contributed by atoms with Gasteiger partial charge in [-0.2, -0.15) is 0 Å². The number of ether oxygens (including phenoxy) is 2. The van der Waals surface area contributed by atoms with E-state index in [1.165, 1.54) is 0 Å². The molecule has 1 atom stereocenters. The maximum absolute atomic E-state index is 12.1. The Morgan fingerprint density at radius 1 is 1.50 bits per heavy atom. The van der Waals surface area contributed by atoms with Gasteiger partial charge in [0.15, 0.2) is 6.10 Å². The number of nitrogens with one attached hydrogen (secondary N) is 1. The number of hydrogen-bond donors (Lipinski definition) is 2. The van der Waals surface area contributed by atoms with Crippen LogP contribution in [-0.4, -0.2) is 38.4 Å². The molecule has 1 saturated heterocycles. The number of hydrogen-bond acceptors (Lipinski definition) is 4. The van der Waals surface area contributed by atoms with Crippen molar-refractivity contribution in [3.05, 3.63) is 29.3 Å². The molecule has 1 aliphatic rings. The summed E-state index contributed by atoms with van der Waals surface area (Å²) in [5.74, 6) is 5.54. The number of anilines is 1. The predicted molar refractivity (Wildman–Crippen MR) is 76.3 cm³/mol. The summed E-state index contributed by atoms with van der Waals surface area (Å²) in [5, 5.41) is 2.83. The van der Waals surface area contributed by atoms with Crippen molar-refractivity contribution in [1.82, 2.24) is 0 Å². The number of nitrogens with two attached hydrogens (primary N) is 1. The van der Waals surface area contributed by atoms with Crippen molar-refractivity contribution in [3.63, 3.8) is 0 Å². The van der Waals surface area contributed by atoms with Gasteiger partial charge in [0.1, 0.15) is 0 Å². The summed E-state index contributed by atoms with van der Waals surface area (Å²) in [6, 6.07) is 5.66. The molecule has 106 valence electrons. The average Bonchev–Trinajstić information content (AvgIpc) is 2.48. The van der Waals surface area contributed by atoms with E-state index in [0.29, 0.717) is 18.9 Å². The van der Waals surface area contributed by atoms with Crippen LogP contribution in [0.1, 0.15) is 11.1 Å². The van der Waals surface area contributed by atoms with Gasteiger partial charge >= 0.3 is 0 Å². The van der Waals surface area contributed by atoms with Crippen molar-refractivity contribution in [2.24, 2.45) is 5.73 Å². The second-order valence-electron chi connectivity index (χ2n) is 4.48. The van der Waals surface area contributed by atoms with E-state index in [0.717, 1.165) is 11.1 Å². The van der Waals surface area contributed by atoms with Gasteiger partial charge in [-0.1, -0.05) is 17.9 Å². The quantitative estimate of drug-likeness (QED) is 0.777. The van der Waals surface area contributed by atoms with Gasteiger partial charge < -0.3 is 20.5 Å². The number of benzene rings is 1. The number of amides is 1. The lowest BCUT2D eigenvalue weighted by molar-refractivity contribution is -0.142. The van der Waals surface area contributed by atoms with E-state index in [1.54, 1.807) is 0 Å². The van der Waals surface area contributed by atoms with Crippen LogP contribution in [0.15, 0.2) is 18.2 Å². The van der Waals surface area contributed by atoms with E-state index >= 15 is 0 Å². The Morgan fingerprint density at radius 2 is 2.35 bits per heavy atom. The van der Waals surface area contributed by atoms with Crippen molar-refractivity contribution in [2.75, 3.05) is 31.7 Å². The number of carbonyl (C=O) groups is 1. The van der Waals surface area contributed by atoms with Crippen LogP contribution in [-0.2, 0) is 14.3 Å². The summed E-state index contributed by atoms with van der Waals surface area (Å²) in [6.07, 6.45) is -0.569. The molecule has 0 aliphatic carbocycles. The molecule has 3 N–H and O–H groups in total. The molecule has 0 bridgehead atoms. The molecule has 1 aliphatic heterocycles. The fraction of sp³-hybridized carbons (Fsp3) is 0.400. The first kappa shape index (κ1) is 14.5. The Kier molecular flexibility index (Phi) is 5.13. The fourth-order valence-corrected chi connectivity index (χ4v) is 1.87. The van der Waals surface area contributed by atoms with Crippen LogP contribution in [0.25, 0.3) is 0 Å². The van der Waals surface area contributed by atoms with E-state index in [2.05, 4.69) is 17.2 Å². The Bertz CT molecular complexity index is 540. The summed E-state index contributed by atoms with van der Waals surface area (Å²) in [7, 11) is 0. The highest BCUT2D eigenvalue weighted by molar-refractivity contribution is 5.95. The molecule has 20 heavy (non-hydrogen) atoms. The molecule has 0 aromatic heterocycles. The standard InChI is InChI=1S/C15H18N2O3/c1-11-4-5-13(12(9-11)3-2-6-16)17-15(18)14-10-19-7-8-20-14/h4-5,9,14H,6-8,10,16H2,1H3,(H,17,18). The van der Waals surface area contributed by atoms with Gasteiger partial charge in [0, 0.05) is 5.56 Å². The van der Waals surface area contributed by atoms with E-state index in [-0.39, 0.29) is 19.1 Å². The van der Waals surface area contributed by atoms with E-state index in [9.17, 15) is 4.79 Å². The third-order valence-corrected chi connectivity index (χ3v) is 2.87. The van der Waals surface area contributed by atoms with Gasteiger partial charge in [-0.25, -0.2) is 0 Å². The zero-order valence-electron chi connectivity index (χ0n) is 11.4. The van der Waals surface area contributed by atoms with E-state index in [1.807, 2.05) is 25.1 Å². The highest BCUT2D eigenvalue weighted by Crippen LogP contribution is 2.17. The van der Waals surface area contributed by atoms with Gasteiger partial charge in [0.25, 0.3) is 5.91 Å².